The Hall–Kier alpha value is -1.36. The van der Waals surface area contributed by atoms with Crippen LogP contribution in [0.4, 0.5) is 8.78 Å². The van der Waals surface area contributed by atoms with E-state index in [0.29, 0.717) is 18.3 Å². The monoisotopic (exact) mass is 299 g/mol. The second-order valence-corrected chi connectivity index (χ2v) is 5.70. The van der Waals surface area contributed by atoms with Crippen molar-refractivity contribution in [3.8, 4) is 11.5 Å². The smallest absolute Gasteiger partial charge is 0.387 e. The molecule has 1 aromatic carbocycles. The third-order valence-corrected chi connectivity index (χ3v) is 4.05. The van der Waals surface area contributed by atoms with Gasteiger partial charge in [0.25, 0.3) is 0 Å². The quantitative estimate of drug-likeness (QED) is 0.862. The summed E-state index contributed by atoms with van der Waals surface area (Å²) in [5, 5.41) is 3.49. The van der Waals surface area contributed by atoms with Gasteiger partial charge in [-0.3, -0.25) is 0 Å². The van der Waals surface area contributed by atoms with Crippen LogP contribution < -0.4 is 14.8 Å². The highest BCUT2D eigenvalue weighted by molar-refractivity contribution is 5.43. The maximum absolute atomic E-state index is 12.4. The molecule has 1 fully saturated rings. The van der Waals surface area contributed by atoms with Gasteiger partial charge in [0.1, 0.15) is 0 Å². The van der Waals surface area contributed by atoms with Crippen molar-refractivity contribution in [2.75, 3.05) is 7.11 Å². The molecule has 0 amide bonds. The third-order valence-electron chi connectivity index (χ3n) is 4.05. The summed E-state index contributed by atoms with van der Waals surface area (Å²) in [6.07, 6.45) is 4.86. The van der Waals surface area contributed by atoms with E-state index < -0.39 is 6.61 Å². The summed E-state index contributed by atoms with van der Waals surface area (Å²) in [5.41, 5.74) is 0.921. The summed E-state index contributed by atoms with van der Waals surface area (Å²) < 4.78 is 34.3. The van der Waals surface area contributed by atoms with Gasteiger partial charge in [0.2, 0.25) is 0 Å². The molecule has 1 aromatic rings. The normalized spacial score (nSPS) is 22.3. The number of hydrogen-bond donors (Lipinski definition) is 1. The Balaban J connectivity index is 1.93. The molecule has 3 nitrogen and oxygen atoms in total. The molecule has 0 unspecified atom stereocenters. The summed E-state index contributed by atoms with van der Waals surface area (Å²) >= 11 is 0. The van der Waals surface area contributed by atoms with Crippen molar-refractivity contribution >= 4 is 0 Å². The number of benzene rings is 1. The lowest BCUT2D eigenvalue weighted by atomic mass is 9.87. The first-order valence-electron chi connectivity index (χ1n) is 7.43. The van der Waals surface area contributed by atoms with Crippen molar-refractivity contribution < 1.29 is 18.3 Å². The molecule has 0 bridgehead atoms. The van der Waals surface area contributed by atoms with Crippen molar-refractivity contribution in [2.24, 2.45) is 5.92 Å². The summed E-state index contributed by atoms with van der Waals surface area (Å²) in [5.74, 6) is 1.23. The number of rotatable bonds is 6. The molecule has 1 saturated carbocycles. The minimum Gasteiger partial charge on any atom is -0.493 e. The number of ether oxygens (including phenoxy) is 2. The first-order valence-corrected chi connectivity index (χ1v) is 7.43. The number of nitrogens with one attached hydrogen (secondary N) is 1. The Bertz CT molecular complexity index is 446. The van der Waals surface area contributed by atoms with Gasteiger partial charge in [-0.15, -0.1) is 0 Å². The van der Waals surface area contributed by atoms with E-state index in [1.165, 1.54) is 32.8 Å². The van der Waals surface area contributed by atoms with Gasteiger partial charge in [0.05, 0.1) is 7.11 Å². The van der Waals surface area contributed by atoms with E-state index in [1.54, 1.807) is 12.1 Å². The number of methoxy groups -OCH3 is 1. The second kappa shape index (κ2) is 7.59. The van der Waals surface area contributed by atoms with Gasteiger partial charge in [-0.05, 0) is 49.3 Å². The van der Waals surface area contributed by atoms with E-state index in [2.05, 4.69) is 17.0 Å². The maximum Gasteiger partial charge on any atom is 0.387 e. The summed E-state index contributed by atoms with van der Waals surface area (Å²) in [4.78, 5) is 0. The molecule has 0 aliphatic heterocycles. The van der Waals surface area contributed by atoms with E-state index >= 15 is 0 Å². The SMILES string of the molecule is COc1ccc(CNC2CCC(C)CC2)cc1OC(F)F. The van der Waals surface area contributed by atoms with Crippen molar-refractivity contribution in [3.63, 3.8) is 0 Å². The fraction of sp³-hybridized carbons (Fsp3) is 0.625. The molecule has 1 aliphatic rings. The van der Waals surface area contributed by atoms with Crippen LogP contribution in [0.1, 0.15) is 38.2 Å². The maximum atomic E-state index is 12.4. The van der Waals surface area contributed by atoms with Gasteiger partial charge in [-0.25, -0.2) is 0 Å². The zero-order valence-electron chi connectivity index (χ0n) is 12.6. The van der Waals surface area contributed by atoms with Crippen LogP contribution in [0.5, 0.6) is 11.5 Å². The first-order chi connectivity index (χ1) is 10.1. The van der Waals surface area contributed by atoms with Crippen LogP contribution in [-0.4, -0.2) is 19.8 Å². The lowest BCUT2D eigenvalue weighted by molar-refractivity contribution is -0.0512. The average molecular weight is 299 g/mol. The summed E-state index contributed by atoms with van der Waals surface area (Å²) in [7, 11) is 1.44. The highest BCUT2D eigenvalue weighted by atomic mass is 19.3. The first kappa shape index (κ1) is 16.0. The largest absolute Gasteiger partial charge is 0.493 e. The van der Waals surface area contributed by atoms with Crippen LogP contribution in [0.3, 0.4) is 0 Å². The number of alkyl halides is 2. The van der Waals surface area contributed by atoms with Gasteiger partial charge in [-0.1, -0.05) is 13.0 Å². The topological polar surface area (TPSA) is 30.5 Å². The van der Waals surface area contributed by atoms with E-state index in [1.807, 2.05) is 6.07 Å². The molecule has 21 heavy (non-hydrogen) atoms. The van der Waals surface area contributed by atoms with Crippen molar-refractivity contribution in [3.05, 3.63) is 23.8 Å². The van der Waals surface area contributed by atoms with Crippen LogP contribution >= 0.6 is 0 Å². The number of halogens is 2. The molecule has 1 N–H and O–H groups in total. The van der Waals surface area contributed by atoms with Gasteiger partial charge >= 0.3 is 6.61 Å². The van der Waals surface area contributed by atoms with Gasteiger partial charge in [0.15, 0.2) is 11.5 Å². The van der Waals surface area contributed by atoms with Crippen LogP contribution in [0.25, 0.3) is 0 Å². The van der Waals surface area contributed by atoms with E-state index in [4.69, 9.17) is 4.74 Å². The van der Waals surface area contributed by atoms with Gasteiger partial charge in [0, 0.05) is 12.6 Å². The molecule has 5 heteroatoms. The van der Waals surface area contributed by atoms with E-state index in [9.17, 15) is 8.78 Å². The van der Waals surface area contributed by atoms with Crippen molar-refractivity contribution in [2.45, 2.75) is 51.8 Å². The molecule has 0 aromatic heterocycles. The highest BCUT2D eigenvalue weighted by Crippen LogP contribution is 2.30. The minimum atomic E-state index is -2.85. The molecule has 0 radical (unpaired) electrons. The van der Waals surface area contributed by atoms with E-state index in [-0.39, 0.29) is 5.75 Å². The third kappa shape index (κ3) is 4.84. The lowest BCUT2D eigenvalue weighted by Gasteiger charge is -2.27. The Morgan fingerprint density at radius 1 is 1.19 bits per heavy atom. The zero-order chi connectivity index (χ0) is 15.2. The van der Waals surface area contributed by atoms with Gasteiger partial charge < -0.3 is 14.8 Å². The Kier molecular flexibility index (Phi) is 5.79. The predicted octanol–water partition coefficient (Wildman–Crippen LogP) is 3.96. The Labute approximate surface area is 124 Å². The molecule has 0 saturated heterocycles. The number of hydrogen-bond acceptors (Lipinski definition) is 3. The lowest BCUT2D eigenvalue weighted by Crippen LogP contribution is -2.32. The second-order valence-electron chi connectivity index (χ2n) is 5.70. The van der Waals surface area contributed by atoms with Crippen LogP contribution in [0.15, 0.2) is 18.2 Å². The molecular formula is C16H23F2NO2. The molecular weight excluding hydrogens is 276 g/mol. The van der Waals surface area contributed by atoms with Crippen LogP contribution in [0.2, 0.25) is 0 Å². The Morgan fingerprint density at radius 3 is 2.52 bits per heavy atom. The highest BCUT2D eigenvalue weighted by Gasteiger charge is 2.18. The van der Waals surface area contributed by atoms with Crippen LogP contribution in [0, 0.1) is 5.92 Å². The van der Waals surface area contributed by atoms with E-state index in [0.717, 1.165) is 11.5 Å². The summed E-state index contributed by atoms with van der Waals surface area (Å²) in [6, 6.07) is 5.67. The standard InChI is InChI=1S/C16H23F2NO2/c1-11-3-6-13(7-4-11)19-10-12-5-8-14(20-2)15(9-12)21-16(17)18/h5,8-9,11,13,16,19H,3-4,6-7,10H2,1-2H3. The molecule has 2 rings (SSSR count). The van der Waals surface area contributed by atoms with Crippen LogP contribution in [-0.2, 0) is 6.54 Å². The minimum absolute atomic E-state index is 0.0871. The summed E-state index contributed by atoms with van der Waals surface area (Å²) in [6.45, 7) is 0.0953. The molecule has 0 atom stereocenters. The Morgan fingerprint density at radius 2 is 1.90 bits per heavy atom. The molecule has 0 heterocycles. The predicted molar refractivity (Wildman–Crippen MR) is 77.9 cm³/mol. The average Bonchev–Trinajstić information content (AvgIpc) is 2.46. The van der Waals surface area contributed by atoms with Crippen molar-refractivity contribution in [1.29, 1.82) is 0 Å². The molecule has 0 spiro atoms. The van der Waals surface area contributed by atoms with Gasteiger partial charge in [-0.2, -0.15) is 8.78 Å². The molecule has 1 aliphatic carbocycles. The molecule has 118 valence electrons. The van der Waals surface area contributed by atoms with Crippen molar-refractivity contribution in [1.82, 2.24) is 5.32 Å². The fourth-order valence-electron chi connectivity index (χ4n) is 2.75. The zero-order valence-corrected chi connectivity index (χ0v) is 12.6. The fourth-order valence-corrected chi connectivity index (χ4v) is 2.75.